The van der Waals surface area contributed by atoms with E-state index in [1.165, 1.54) is 6.07 Å². The Bertz CT molecular complexity index is 2190. The van der Waals surface area contributed by atoms with Crippen LogP contribution in [0.25, 0.3) is 22.2 Å². The van der Waals surface area contributed by atoms with Gasteiger partial charge in [0.2, 0.25) is 0 Å². The molecular formula is C41H39N5O5. The first-order valence-electron chi connectivity index (χ1n) is 16.5. The number of aromatic amines is 1. The molecule has 6 rings (SSSR count). The zero-order chi connectivity index (χ0) is 36.0. The number of amides is 2. The standard InChI is InChI=1S/C41H39N5O5/c1-41(2,3)25-43-37(47)28-14-17-32(34(20-28)39(49)51-24-27-12-8-5-9-13-27)31-18-16-30(50-23-26-10-6-4-7-11-26)22-33(31)38(48)44-29-15-19-35-36(21-29)46-40(42)45-35/h4-22H,23-25H2,1-3H3,(H,43,47)(H,44,48)(H3,42,45,46). The Labute approximate surface area is 296 Å². The Morgan fingerprint density at radius 2 is 1.41 bits per heavy atom. The summed E-state index contributed by atoms with van der Waals surface area (Å²) in [6, 6.07) is 34.2. The van der Waals surface area contributed by atoms with E-state index >= 15 is 0 Å². The van der Waals surface area contributed by atoms with Gasteiger partial charge in [-0.3, -0.25) is 9.59 Å². The number of carbonyl (C=O) groups excluding carboxylic acids is 3. The average Bonchev–Trinajstić information content (AvgIpc) is 3.51. The van der Waals surface area contributed by atoms with Crippen molar-refractivity contribution in [2.24, 2.45) is 5.41 Å². The predicted octanol–water partition coefficient (Wildman–Crippen LogP) is 7.78. The van der Waals surface area contributed by atoms with E-state index in [1.54, 1.807) is 48.5 Å². The number of carbonyl (C=O) groups is 3. The highest BCUT2D eigenvalue weighted by atomic mass is 16.5. The minimum atomic E-state index is -0.641. The maximum absolute atomic E-state index is 14.1. The number of anilines is 2. The first-order valence-corrected chi connectivity index (χ1v) is 16.5. The Balaban J connectivity index is 1.39. The van der Waals surface area contributed by atoms with E-state index in [9.17, 15) is 14.4 Å². The van der Waals surface area contributed by atoms with Crippen molar-refractivity contribution < 1.29 is 23.9 Å². The van der Waals surface area contributed by atoms with Crippen molar-refractivity contribution in [3.8, 4) is 16.9 Å². The number of H-pyrrole nitrogens is 1. The molecule has 10 nitrogen and oxygen atoms in total. The number of aromatic nitrogens is 2. The summed E-state index contributed by atoms with van der Waals surface area (Å²) >= 11 is 0. The number of imidazole rings is 1. The number of nitrogens with one attached hydrogen (secondary N) is 3. The van der Waals surface area contributed by atoms with Crippen molar-refractivity contribution in [1.82, 2.24) is 15.3 Å². The zero-order valence-electron chi connectivity index (χ0n) is 28.7. The molecule has 2 amide bonds. The van der Waals surface area contributed by atoms with E-state index in [0.29, 0.717) is 40.1 Å². The normalized spacial score (nSPS) is 11.2. The lowest BCUT2D eigenvalue weighted by Crippen LogP contribution is -2.32. The molecule has 1 heterocycles. The van der Waals surface area contributed by atoms with Crippen LogP contribution in [0.1, 0.15) is 63.0 Å². The maximum Gasteiger partial charge on any atom is 0.339 e. The van der Waals surface area contributed by atoms with Gasteiger partial charge >= 0.3 is 5.97 Å². The number of rotatable bonds is 11. The van der Waals surface area contributed by atoms with Crippen LogP contribution in [0, 0.1) is 5.41 Å². The van der Waals surface area contributed by atoms with E-state index in [1.807, 2.05) is 81.4 Å². The smallest absolute Gasteiger partial charge is 0.339 e. The second-order valence-corrected chi connectivity index (χ2v) is 13.4. The fourth-order valence-electron chi connectivity index (χ4n) is 5.42. The third-order valence-corrected chi connectivity index (χ3v) is 8.03. The minimum Gasteiger partial charge on any atom is -0.489 e. The maximum atomic E-state index is 14.1. The topological polar surface area (TPSA) is 148 Å². The highest BCUT2D eigenvalue weighted by molar-refractivity contribution is 6.11. The molecule has 258 valence electrons. The van der Waals surface area contributed by atoms with Crippen LogP contribution >= 0.6 is 0 Å². The molecule has 0 bridgehead atoms. The van der Waals surface area contributed by atoms with Crippen LogP contribution in [0.2, 0.25) is 0 Å². The Kier molecular flexibility index (Phi) is 10.1. The molecule has 0 aliphatic carbocycles. The molecule has 5 aromatic carbocycles. The molecule has 1 aromatic heterocycles. The number of nitrogens with two attached hydrogens (primary N) is 1. The molecule has 0 fully saturated rings. The lowest BCUT2D eigenvalue weighted by molar-refractivity contribution is 0.0473. The summed E-state index contributed by atoms with van der Waals surface area (Å²) in [6.07, 6.45) is 0. The number of nitrogens with zero attached hydrogens (tertiary/aromatic N) is 1. The summed E-state index contributed by atoms with van der Waals surface area (Å²) in [7, 11) is 0. The number of fused-ring (bicyclic) bond motifs is 1. The molecule has 0 aliphatic rings. The molecule has 0 radical (unpaired) electrons. The summed E-state index contributed by atoms with van der Waals surface area (Å²) in [6.45, 7) is 6.81. The number of hydrogen-bond acceptors (Lipinski definition) is 7. The lowest BCUT2D eigenvalue weighted by atomic mass is 9.92. The molecular weight excluding hydrogens is 642 g/mol. The van der Waals surface area contributed by atoms with Crippen LogP contribution < -0.4 is 21.1 Å². The van der Waals surface area contributed by atoms with Gasteiger partial charge in [0.05, 0.1) is 22.2 Å². The summed E-state index contributed by atoms with van der Waals surface area (Å²) in [5.41, 5.74) is 10.8. The average molecular weight is 682 g/mol. The lowest BCUT2D eigenvalue weighted by Gasteiger charge is -2.19. The summed E-state index contributed by atoms with van der Waals surface area (Å²) in [5, 5.41) is 5.90. The van der Waals surface area contributed by atoms with Crippen molar-refractivity contribution in [3.05, 3.63) is 143 Å². The number of hydrogen-bond donors (Lipinski definition) is 4. The van der Waals surface area contributed by atoms with Gasteiger partial charge in [0.1, 0.15) is 19.0 Å². The molecule has 51 heavy (non-hydrogen) atoms. The van der Waals surface area contributed by atoms with Gasteiger partial charge in [-0.25, -0.2) is 9.78 Å². The van der Waals surface area contributed by atoms with Crippen molar-refractivity contribution >= 4 is 40.5 Å². The molecule has 0 aliphatic heterocycles. The molecule has 0 atom stereocenters. The Morgan fingerprint density at radius 1 is 0.745 bits per heavy atom. The second kappa shape index (κ2) is 15.0. The van der Waals surface area contributed by atoms with Crippen LogP contribution in [-0.4, -0.2) is 34.3 Å². The molecule has 0 spiro atoms. The zero-order valence-corrected chi connectivity index (χ0v) is 28.7. The van der Waals surface area contributed by atoms with Crippen LogP contribution in [0.4, 0.5) is 11.6 Å². The van der Waals surface area contributed by atoms with Gasteiger partial charge in [-0.15, -0.1) is 0 Å². The van der Waals surface area contributed by atoms with Gasteiger partial charge in [0, 0.05) is 17.8 Å². The molecule has 5 N–H and O–H groups in total. The van der Waals surface area contributed by atoms with E-state index in [4.69, 9.17) is 15.2 Å². The number of nitrogen functional groups attached to an aromatic ring is 1. The van der Waals surface area contributed by atoms with E-state index in [2.05, 4.69) is 20.6 Å². The molecule has 6 aromatic rings. The Hall–Kier alpha value is -6.42. The molecule has 10 heteroatoms. The second-order valence-electron chi connectivity index (χ2n) is 13.4. The molecule has 0 saturated heterocycles. The van der Waals surface area contributed by atoms with Crippen LogP contribution in [0.15, 0.2) is 115 Å². The van der Waals surface area contributed by atoms with Gasteiger partial charge in [-0.05, 0) is 76.2 Å². The summed E-state index contributed by atoms with van der Waals surface area (Å²) < 4.78 is 11.9. The van der Waals surface area contributed by atoms with E-state index < -0.39 is 11.9 Å². The van der Waals surface area contributed by atoms with Crippen molar-refractivity contribution in [1.29, 1.82) is 0 Å². The van der Waals surface area contributed by atoms with Crippen LogP contribution in [-0.2, 0) is 18.0 Å². The third-order valence-electron chi connectivity index (χ3n) is 8.03. The van der Waals surface area contributed by atoms with Gasteiger partial charge in [0.15, 0.2) is 5.95 Å². The summed E-state index contributed by atoms with van der Waals surface area (Å²) in [5.74, 6) is -0.696. The SMILES string of the molecule is CC(C)(C)CNC(=O)c1ccc(-c2ccc(OCc3ccccc3)cc2C(=O)Nc2ccc3nc(N)[nH]c3c2)c(C(=O)OCc2ccccc2)c1. The highest BCUT2D eigenvalue weighted by Crippen LogP contribution is 2.33. The largest absolute Gasteiger partial charge is 0.489 e. The molecule has 0 saturated carbocycles. The fraction of sp³-hybridized carbons (Fsp3) is 0.171. The molecule has 0 unspecified atom stereocenters. The fourth-order valence-corrected chi connectivity index (χ4v) is 5.42. The van der Waals surface area contributed by atoms with Crippen LogP contribution in [0.3, 0.4) is 0 Å². The van der Waals surface area contributed by atoms with E-state index in [0.717, 1.165) is 11.1 Å². The Morgan fingerprint density at radius 3 is 2.12 bits per heavy atom. The summed E-state index contributed by atoms with van der Waals surface area (Å²) in [4.78, 5) is 48.4. The number of esters is 1. The quantitative estimate of drug-likeness (QED) is 0.102. The predicted molar refractivity (Wildman–Crippen MR) is 198 cm³/mol. The highest BCUT2D eigenvalue weighted by Gasteiger charge is 2.23. The van der Waals surface area contributed by atoms with Crippen molar-refractivity contribution in [2.45, 2.75) is 34.0 Å². The van der Waals surface area contributed by atoms with Gasteiger partial charge in [0.25, 0.3) is 11.8 Å². The van der Waals surface area contributed by atoms with Gasteiger partial charge in [-0.1, -0.05) is 87.5 Å². The first kappa shape index (κ1) is 34.4. The monoisotopic (exact) mass is 681 g/mol. The van der Waals surface area contributed by atoms with Gasteiger partial charge < -0.3 is 30.8 Å². The van der Waals surface area contributed by atoms with Crippen molar-refractivity contribution in [3.63, 3.8) is 0 Å². The minimum absolute atomic E-state index is 0.0275. The van der Waals surface area contributed by atoms with E-state index in [-0.39, 0.29) is 47.2 Å². The van der Waals surface area contributed by atoms with Crippen LogP contribution in [0.5, 0.6) is 5.75 Å². The third kappa shape index (κ3) is 8.79. The first-order chi connectivity index (χ1) is 24.5. The number of benzene rings is 5. The van der Waals surface area contributed by atoms with Crippen molar-refractivity contribution in [2.75, 3.05) is 17.6 Å². The van der Waals surface area contributed by atoms with Gasteiger partial charge in [-0.2, -0.15) is 0 Å². The number of ether oxygens (including phenoxy) is 2.